The molecule has 17 heavy (non-hydrogen) atoms. The standard InChI is InChI=1S/C10H13N5OS/c1-6(5-17-2)10-14-9(15-16-10)7-8(11)13-4-3-12-7/h3-4,6H,5H2,1-2H3,(H2,11,13). The van der Waals surface area contributed by atoms with Gasteiger partial charge in [-0.3, -0.25) is 0 Å². The molecule has 2 aromatic heterocycles. The van der Waals surface area contributed by atoms with Crippen molar-refractivity contribution in [3.8, 4) is 11.5 Å². The van der Waals surface area contributed by atoms with E-state index in [-0.39, 0.29) is 5.92 Å². The molecule has 0 spiro atoms. The molecule has 0 aliphatic heterocycles. The van der Waals surface area contributed by atoms with E-state index in [0.29, 0.717) is 23.2 Å². The van der Waals surface area contributed by atoms with Crippen molar-refractivity contribution >= 4 is 17.6 Å². The smallest absolute Gasteiger partial charge is 0.230 e. The van der Waals surface area contributed by atoms with Gasteiger partial charge in [0.2, 0.25) is 11.7 Å². The van der Waals surface area contributed by atoms with Crippen LogP contribution in [0.5, 0.6) is 0 Å². The summed E-state index contributed by atoms with van der Waals surface area (Å²) in [4.78, 5) is 12.3. The normalized spacial score (nSPS) is 12.6. The van der Waals surface area contributed by atoms with Crippen molar-refractivity contribution < 1.29 is 4.52 Å². The fourth-order valence-electron chi connectivity index (χ4n) is 1.37. The SMILES string of the molecule is CSCC(C)c1nc(-c2nccnc2N)no1. The minimum atomic E-state index is 0.212. The molecule has 0 aliphatic carbocycles. The summed E-state index contributed by atoms with van der Waals surface area (Å²) in [6.07, 6.45) is 5.11. The van der Waals surface area contributed by atoms with Gasteiger partial charge in [0.05, 0.1) is 0 Å². The van der Waals surface area contributed by atoms with Crippen LogP contribution in [-0.4, -0.2) is 32.1 Å². The summed E-state index contributed by atoms with van der Waals surface area (Å²) in [5.74, 6) is 2.43. The molecule has 0 bridgehead atoms. The Hall–Kier alpha value is -1.63. The van der Waals surface area contributed by atoms with Crippen molar-refractivity contribution in [1.29, 1.82) is 0 Å². The van der Waals surface area contributed by atoms with E-state index in [9.17, 15) is 0 Å². The van der Waals surface area contributed by atoms with E-state index in [4.69, 9.17) is 10.3 Å². The number of nitrogen functional groups attached to an aromatic ring is 1. The first-order valence-electron chi connectivity index (χ1n) is 5.11. The molecule has 0 radical (unpaired) electrons. The maximum absolute atomic E-state index is 5.70. The van der Waals surface area contributed by atoms with Crippen LogP contribution in [-0.2, 0) is 0 Å². The van der Waals surface area contributed by atoms with Gasteiger partial charge in [0.25, 0.3) is 0 Å². The van der Waals surface area contributed by atoms with E-state index in [2.05, 4.69) is 20.1 Å². The molecule has 0 fully saturated rings. The number of anilines is 1. The van der Waals surface area contributed by atoms with E-state index in [1.807, 2.05) is 13.2 Å². The first-order chi connectivity index (χ1) is 8.22. The summed E-state index contributed by atoms with van der Waals surface area (Å²) in [7, 11) is 0. The molecule has 0 saturated carbocycles. The largest absolute Gasteiger partial charge is 0.382 e. The summed E-state index contributed by atoms with van der Waals surface area (Å²) < 4.78 is 5.19. The fourth-order valence-corrected chi connectivity index (χ4v) is 2.02. The molecule has 0 saturated heterocycles. The van der Waals surface area contributed by atoms with Crippen molar-refractivity contribution in [2.24, 2.45) is 0 Å². The van der Waals surface area contributed by atoms with Gasteiger partial charge in [-0.25, -0.2) is 9.97 Å². The zero-order valence-corrected chi connectivity index (χ0v) is 10.4. The van der Waals surface area contributed by atoms with Gasteiger partial charge >= 0.3 is 0 Å². The summed E-state index contributed by atoms with van der Waals surface area (Å²) in [5.41, 5.74) is 6.15. The van der Waals surface area contributed by atoms with Gasteiger partial charge in [-0.1, -0.05) is 12.1 Å². The molecule has 2 heterocycles. The van der Waals surface area contributed by atoms with Crippen LogP contribution in [0.2, 0.25) is 0 Å². The summed E-state index contributed by atoms with van der Waals surface area (Å²) in [6, 6.07) is 0. The summed E-state index contributed by atoms with van der Waals surface area (Å²) >= 11 is 1.73. The fraction of sp³-hybridized carbons (Fsp3) is 0.400. The van der Waals surface area contributed by atoms with Gasteiger partial charge in [0.15, 0.2) is 11.5 Å². The van der Waals surface area contributed by atoms with Crippen LogP contribution < -0.4 is 5.73 Å². The number of nitrogens with two attached hydrogens (primary N) is 1. The average Bonchev–Trinajstić information content (AvgIpc) is 2.79. The van der Waals surface area contributed by atoms with E-state index < -0.39 is 0 Å². The Morgan fingerprint density at radius 2 is 2.18 bits per heavy atom. The van der Waals surface area contributed by atoms with E-state index in [0.717, 1.165) is 5.75 Å². The highest BCUT2D eigenvalue weighted by Crippen LogP contribution is 2.22. The number of aromatic nitrogens is 4. The molecule has 1 unspecified atom stereocenters. The van der Waals surface area contributed by atoms with E-state index >= 15 is 0 Å². The quantitative estimate of drug-likeness (QED) is 0.881. The Bertz CT molecular complexity index is 501. The first-order valence-corrected chi connectivity index (χ1v) is 6.51. The summed E-state index contributed by atoms with van der Waals surface area (Å²) in [5, 5.41) is 3.87. The molecule has 7 heteroatoms. The van der Waals surface area contributed by atoms with Crippen molar-refractivity contribution in [2.45, 2.75) is 12.8 Å². The molecule has 0 amide bonds. The molecular weight excluding hydrogens is 238 g/mol. The summed E-state index contributed by atoms with van der Waals surface area (Å²) in [6.45, 7) is 2.04. The Kier molecular flexibility index (Phi) is 3.58. The molecular formula is C10H13N5OS. The van der Waals surface area contributed by atoms with Crippen LogP contribution in [0.25, 0.3) is 11.5 Å². The Balaban J connectivity index is 2.27. The molecule has 6 nitrogen and oxygen atoms in total. The number of rotatable bonds is 4. The van der Waals surface area contributed by atoms with Crippen molar-refractivity contribution in [3.05, 3.63) is 18.3 Å². The Labute approximate surface area is 103 Å². The number of hydrogen-bond acceptors (Lipinski definition) is 7. The van der Waals surface area contributed by atoms with Gasteiger partial charge in [0.1, 0.15) is 0 Å². The highest BCUT2D eigenvalue weighted by molar-refractivity contribution is 7.98. The second-order valence-electron chi connectivity index (χ2n) is 3.60. The van der Waals surface area contributed by atoms with Gasteiger partial charge in [-0.05, 0) is 6.26 Å². The highest BCUT2D eigenvalue weighted by Gasteiger charge is 2.17. The predicted molar refractivity (Wildman–Crippen MR) is 66.5 cm³/mol. The third-order valence-electron chi connectivity index (χ3n) is 2.22. The van der Waals surface area contributed by atoms with Gasteiger partial charge < -0.3 is 10.3 Å². The lowest BCUT2D eigenvalue weighted by Crippen LogP contribution is -1.99. The van der Waals surface area contributed by atoms with Crippen LogP contribution in [0.4, 0.5) is 5.82 Å². The van der Waals surface area contributed by atoms with Crippen LogP contribution in [0, 0.1) is 0 Å². The molecule has 2 N–H and O–H groups in total. The van der Waals surface area contributed by atoms with Crippen LogP contribution in [0.3, 0.4) is 0 Å². The van der Waals surface area contributed by atoms with Crippen LogP contribution in [0.1, 0.15) is 18.7 Å². The molecule has 0 aromatic carbocycles. The maximum Gasteiger partial charge on any atom is 0.230 e. The lowest BCUT2D eigenvalue weighted by Gasteiger charge is -2.01. The lowest BCUT2D eigenvalue weighted by molar-refractivity contribution is 0.367. The minimum Gasteiger partial charge on any atom is -0.382 e. The Morgan fingerprint density at radius 3 is 2.88 bits per heavy atom. The van der Waals surface area contributed by atoms with Crippen LogP contribution >= 0.6 is 11.8 Å². The zero-order valence-electron chi connectivity index (χ0n) is 9.62. The van der Waals surface area contributed by atoms with E-state index in [1.165, 1.54) is 6.20 Å². The van der Waals surface area contributed by atoms with Crippen molar-refractivity contribution in [1.82, 2.24) is 20.1 Å². The highest BCUT2D eigenvalue weighted by atomic mass is 32.2. The second-order valence-corrected chi connectivity index (χ2v) is 4.51. The van der Waals surface area contributed by atoms with Gasteiger partial charge in [-0.2, -0.15) is 16.7 Å². The zero-order chi connectivity index (χ0) is 12.3. The first kappa shape index (κ1) is 11.8. The third kappa shape index (κ3) is 2.55. The van der Waals surface area contributed by atoms with Gasteiger partial charge in [0, 0.05) is 24.1 Å². The lowest BCUT2D eigenvalue weighted by atomic mass is 10.2. The molecule has 1 atom stereocenters. The van der Waals surface area contributed by atoms with Crippen LogP contribution in [0.15, 0.2) is 16.9 Å². The molecule has 2 rings (SSSR count). The van der Waals surface area contributed by atoms with Gasteiger partial charge in [-0.15, -0.1) is 0 Å². The monoisotopic (exact) mass is 251 g/mol. The van der Waals surface area contributed by atoms with E-state index in [1.54, 1.807) is 18.0 Å². The predicted octanol–water partition coefficient (Wildman–Crippen LogP) is 1.58. The number of thioether (sulfide) groups is 1. The minimum absolute atomic E-state index is 0.212. The maximum atomic E-state index is 5.70. The second kappa shape index (κ2) is 5.13. The Morgan fingerprint density at radius 1 is 1.41 bits per heavy atom. The van der Waals surface area contributed by atoms with Crippen molar-refractivity contribution in [2.75, 3.05) is 17.7 Å². The van der Waals surface area contributed by atoms with Crippen molar-refractivity contribution in [3.63, 3.8) is 0 Å². The third-order valence-corrected chi connectivity index (χ3v) is 3.05. The molecule has 2 aromatic rings. The average molecular weight is 251 g/mol. The molecule has 90 valence electrons. The topological polar surface area (TPSA) is 90.7 Å². The number of hydrogen-bond donors (Lipinski definition) is 1. The number of nitrogens with zero attached hydrogens (tertiary/aromatic N) is 4. The molecule has 0 aliphatic rings.